The zero-order valence-electron chi connectivity index (χ0n) is 13.8. The fourth-order valence-electron chi connectivity index (χ4n) is 2.59. The summed E-state index contributed by atoms with van der Waals surface area (Å²) in [6.07, 6.45) is 0. The fourth-order valence-corrected chi connectivity index (χ4v) is 3.76. The van der Waals surface area contributed by atoms with Crippen molar-refractivity contribution in [2.75, 3.05) is 31.6 Å². The number of benzene rings is 1. The van der Waals surface area contributed by atoms with E-state index in [0.29, 0.717) is 9.90 Å². The molecule has 7 heteroatoms. The minimum atomic E-state index is -0.136. The van der Waals surface area contributed by atoms with Crippen LogP contribution in [0.15, 0.2) is 18.2 Å². The molecule has 0 atom stereocenters. The van der Waals surface area contributed by atoms with E-state index in [1.54, 1.807) is 6.07 Å². The van der Waals surface area contributed by atoms with Crippen LogP contribution in [-0.2, 0) is 11.3 Å². The van der Waals surface area contributed by atoms with E-state index in [0.717, 1.165) is 54.8 Å². The number of aryl methyl sites for hydroxylation is 2. The largest absolute Gasteiger partial charge is 0.379 e. The molecule has 2 heterocycles. The topological polar surface area (TPSA) is 54.5 Å². The first-order valence-electron chi connectivity index (χ1n) is 7.87. The molecule has 0 spiro atoms. The number of morpholine rings is 1. The van der Waals surface area contributed by atoms with Gasteiger partial charge in [0.25, 0.3) is 5.91 Å². The molecule has 5 nitrogen and oxygen atoms in total. The Kier molecular flexibility index (Phi) is 5.50. The van der Waals surface area contributed by atoms with Gasteiger partial charge in [-0.15, -0.1) is 11.3 Å². The summed E-state index contributed by atoms with van der Waals surface area (Å²) in [4.78, 5) is 20.1. The van der Waals surface area contributed by atoms with Gasteiger partial charge in [0, 0.05) is 23.8 Å². The van der Waals surface area contributed by atoms with E-state index in [1.165, 1.54) is 11.3 Å². The lowest BCUT2D eigenvalue weighted by Crippen LogP contribution is -2.35. The van der Waals surface area contributed by atoms with E-state index in [9.17, 15) is 4.79 Å². The molecule has 1 aromatic carbocycles. The Morgan fingerprint density at radius 1 is 1.38 bits per heavy atom. The van der Waals surface area contributed by atoms with Crippen LogP contribution < -0.4 is 5.32 Å². The highest BCUT2D eigenvalue weighted by atomic mass is 35.5. The van der Waals surface area contributed by atoms with Crippen molar-refractivity contribution in [2.45, 2.75) is 20.4 Å². The predicted octanol–water partition coefficient (Wildman–Crippen LogP) is 3.50. The van der Waals surface area contributed by atoms with Gasteiger partial charge in [0.05, 0.1) is 25.5 Å². The molecule has 0 bridgehead atoms. The third kappa shape index (κ3) is 4.13. The molecule has 128 valence electrons. The fraction of sp³-hybridized carbons (Fsp3) is 0.412. The number of carbonyl (C=O) groups excluding carboxylic acids is 1. The Labute approximate surface area is 150 Å². The van der Waals surface area contributed by atoms with Crippen molar-refractivity contribution in [3.63, 3.8) is 0 Å². The third-order valence-corrected chi connectivity index (χ3v) is 5.33. The van der Waals surface area contributed by atoms with Crippen LogP contribution in [0, 0.1) is 13.8 Å². The van der Waals surface area contributed by atoms with Crippen LogP contribution in [0.1, 0.15) is 25.9 Å². The minimum absolute atomic E-state index is 0.136. The number of nitrogens with one attached hydrogen (secondary N) is 1. The number of amides is 1. The zero-order valence-corrected chi connectivity index (χ0v) is 15.3. The van der Waals surface area contributed by atoms with Gasteiger partial charge in [0.1, 0.15) is 9.88 Å². The Hall–Kier alpha value is -1.47. The van der Waals surface area contributed by atoms with Crippen LogP contribution in [0.25, 0.3) is 0 Å². The first kappa shape index (κ1) is 17.4. The average Bonchev–Trinajstić information content (AvgIpc) is 2.92. The molecule has 0 radical (unpaired) electrons. The van der Waals surface area contributed by atoms with Crippen molar-refractivity contribution in [3.8, 4) is 0 Å². The number of anilines is 1. The van der Waals surface area contributed by atoms with Gasteiger partial charge in [-0.2, -0.15) is 0 Å². The van der Waals surface area contributed by atoms with Gasteiger partial charge in [-0.25, -0.2) is 4.98 Å². The van der Waals surface area contributed by atoms with Crippen molar-refractivity contribution in [1.82, 2.24) is 9.88 Å². The Morgan fingerprint density at radius 3 is 2.88 bits per heavy atom. The van der Waals surface area contributed by atoms with Gasteiger partial charge in [0.2, 0.25) is 0 Å². The monoisotopic (exact) mass is 365 g/mol. The third-order valence-electron chi connectivity index (χ3n) is 3.96. The second-order valence-electron chi connectivity index (χ2n) is 5.82. The molecular formula is C17H20ClN3O2S. The normalized spacial score (nSPS) is 15.5. The van der Waals surface area contributed by atoms with Crippen molar-refractivity contribution in [2.24, 2.45) is 0 Å². The minimum Gasteiger partial charge on any atom is -0.379 e. The maximum atomic E-state index is 12.6. The lowest BCUT2D eigenvalue weighted by molar-refractivity contribution is 0.0341. The summed E-state index contributed by atoms with van der Waals surface area (Å²) in [5, 5.41) is 4.50. The lowest BCUT2D eigenvalue weighted by atomic mass is 10.2. The van der Waals surface area contributed by atoms with Crippen LogP contribution in [0.5, 0.6) is 0 Å². The standard InChI is InChI=1S/C17H20ClN3O2S/c1-11-3-4-13(18)9-14(11)20-17(22)16-12(2)19-15(24-16)10-21-5-7-23-8-6-21/h3-4,9H,5-8,10H2,1-2H3,(H,20,22). The molecule has 1 N–H and O–H groups in total. The summed E-state index contributed by atoms with van der Waals surface area (Å²) < 4.78 is 5.36. The van der Waals surface area contributed by atoms with Gasteiger partial charge in [-0.3, -0.25) is 9.69 Å². The number of carbonyl (C=O) groups is 1. The molecule has 3 rings (SSSR count). The molecular weight excluding hydrogens is 346 g/mol. The van der Waals surface area contributed by atoms with E-state index >= 15 is 0 Å². The van der Waals surface area contributed by atoms with E-state index in [-0.39, 0.29) is 5.91 Å². The van der Waals surface area contributed by atoms with Crippen molar-refractivity contribution in [3.05, 3.63) is 44.4 Å². The maximum Gasteiger partial charge on any atom is 0.267 e. The van der Waals surface area contributed by atoms with Crippen LogP contribution in [0.2, 0.25) is 5.02 Å². The summed E-state index contributed by atoms with van der Waals surface area (Å²) in [5.74, 6) is -0.136. The molecule has 1 saturated heterocycles. The predicted molar refractivity (Wildman–Crippen MR) is 97.1 cm³/mol. The molecule has 1 amide bonds. The number of hydrogen-bond donors (Lipinski definition) is 1. The number of nitrogens with zero attached hydrogens (tertiary/aromatic N) is 2. The van der Waals surface area contributed by atoms with Crippen molar-refractivity contribution < 1.29 is 9.53 Å². The number of rotatable bonds is 4. The Morgan fingerprint density at radius 2 is 2.12 bits per heavy atom. The first-order valence-corrected chi connectivity index (χ1v) is 9.06. The van der Waals surface area contributed by atoms with Crippen molar-refractivity contribution >= 4 is 34.5 Å². The highest BCUT2D eigenvalue weighted by molar-refractivity contribution is 7.13. The van der Waals surface area contributed by atoms with Crippen molar-refractivity contribution in [1.29, 1.82) is 0 Å². The van der Waals surface area contributed by atoms with E-state index < -0.39 is 0 Å². The van der Waals surface area contributed by atoms with Crippen LogP contribution in [0.3, 0.4) is 0 Å². The molecule has 1 aromatic heterocycles. The van der Waals surface area contributed by atoms with Gasteiger partial charge >= 0.3 is 0 Å². The zero-order chi connectivity index (χ0) is 17.1. The lowest BCUT2D eigenvalue weighted by Gasteiger charge is -2.25. The number of ether oxygens (including phenoxy) is 1. The second-order valence-corrected chi connectivity index (χ2v) is 7.34. The SMILES string of the molecule is Cc1ccc(Cl)cc1NC(=O)c1sc(CN2CCOCC2)nc1C. The first-order chi connectivity index (χ1) is 11.5. The van der Waals surface area contributed by atoms with E-state index in [1.807, 2.05) is 26.0 Å². The number of aromatic nitrogens is 1. The van der Waals surface area contributed by atoms with E-state index in [2.05, 4.69) is 15.2 Å². The molecule has 0 unspecified atom stereocenters. The average molecular weight is 366 g/mol. The summed E-state index contributed by atoms with van der Waals surface area (Å²) in [6, 6.07) is 5.46. The molecule has 1 aliphatic rings. The number of thiazole rings is 1. The maximum absolute atomic E-state index is 12.6. The quantitative estimate of drug-likeness (QED) is 0.901. The summed E-state index contributed by atoms with van der Waals surface area (Å²) in [7, 11) is 0. The summed E-state index contributed by atoms with van der Waals surface area (Å²) in [5.41, 5.74) is 2.47. The second kappa shape index (κ2) is 7.61. The van der Waals surface area contributed by atoms with Gasteiger partial charge < -0.3 is 10.1 Å². The number of halogens is 1. The highest BCUT2D eigenvalue weighted by Crippen LogP contribution is 2.24. The summed E-state index contributed by atoms with van der Waals surface area (Å²) in [6.45, 7) is 7.90. The highest BCUT2D eigenvalue weighted by Gasteiger charge is 2.19. The molecule has 2 aromatic rings. The van der Waals surface area contributed by atoms with Gasteiger partial charge in [-0.1, -0.05) is 17.7 Å². The van der Waals surface area contributed by atoms with Crippen LogP contribution >= 0.6 is 22.9 Å². The molecule has 0 saturated carbocycles. The molecule has 24 heavy (non-hydrogen) atoms. The molecule has 1 fully saturated rings. The number of hydrogen-bond acceptors (Lipinski definition) is 5. The van der Waals surface area contributed by atoms with Gasteiger partial charge in [0.15, 0.2) is 0 Å². The van der Waals surface area contributed by atoms with Crippen LogP contribution in [0.4, 0.5) is 5.69 Å². The molecule has 1 aliphatic heterocycles. The smallest absolute Gasteiger partial charge is 0.267 e. The molecule has 0 aliphatic carbocycles. The Bertz CT molecular complexity index is 741. The van der Waals surface area contributed by atoms with E-state index in [4.69, 9.17) is 16.3 Å². The summed E-state index contributed by atoms with van der Waals surface area (Å²) >= 11 is 7.47. The Balaban J connectivity index is 1.71. The van der Waals surface area contributed by atoms with Gasteiger partial charge in [-0.05, 0) is 31.5 Å². The van der Waals surface area contributed by atoms with Crippen LogP contribution in [-0.4, -0.2) is 42.1 Å².